The van der Waals surface area contributed by atoms with Crippen molar-refractivity contribution >= 4 is 23.5 Å². The molecule has 0 saturated carbocycles. The maximum atomic E-state index is 12.0. The van der Waals surface area contributed by atoms with Crippen molar-refractivity contribution in [2.24, 2.45) is 7.05 Å². The first-order valence-electron chi connectivity index (χ1n) is 9.10. The van der Waals surface area contributed by atoms with Crippen molar-refractivity contribution in [1.82, 2.24) is 19.9 Å². The molecule has 0 unspecified atom stereocenters. The number of benzene rings is 1. The molecule has 0 fully saturated rings. The molecule has 2 heterocycles. The van der Waals surface area contributed by atoms with Crippen molar-refractivity contribution in [1.29, 1.82) is 0 Å². The number of hydrogen-bond donors (Lipinski definition) is 1. The van der Waals surface area contributed by atoms with E-state index in [1.807, 2.05) is 11.6 Å². The highest BCUT2D eigenvalue weighted by Gasteiger charge is 2.16. The van der Waals surface area contributed by atoms with E-state index in [1.54, 1.807) is 13.0 Å². The molecular weight excluding hydrogens is 374 g/mol. The SMILES string of the molecule is Cc1cc(NC(=O)CCSc2nnc(-c3ccc(C(C)(C)C)cc3)n2C)no1. The van der Waals surface area contributed by atoms with Crippen LogP contribution in [0.15, 0.2) is 40.0 Å². The van der Waals surface area contributed by atoms with Crippen molar-refractivity contribution in [3.8, 4) is 11.4 Å². The van der Waals surface area contributed by atoms with Gasteiger partial charge in [-0.3, -0.25) is 4.79 Å². The summed E-state index contributed by atoms with van der Waals surface area (Å²) < 4.78 is 6.89. The summed E-state index contributed by atoms with van der Waals surface area (Å²) in [6.45, 7) is 8.36. The van der Waals surface area contributed by atoms with Gasteiger partial charge in [-0.2, -0.15) is 0 Å². The predicted molar refractivity (Wildman–Crippen MR) is 110 cm³/mol. The Balaban J connectivity index is 1.58. The summed E-state index contributed by atoms with van der Waals surface area (Å²) in [6, 6.07) is 10.1. The summed E-state index contributed by atoms with van der Waals surface area (Å²) in [5, 5.41) is 15.8. The average Bonchev–Trinajstić information content (AvgIpc) is 3.20. The van der Waals surface area contributed by atoms with Crippen LogP contribution in [0.1, 0.15) is 38.5 Å². The zero-order valence-corrected chi connectivity index (χ0v) is 17.6. The van der Waals surface area contributed by atoms with Crippen LogP contribution in [-0.4, -0.2) is 31.6 Å². The lowest BCUT2D eigenvalue weighted by atomic mass is 9.87. The van der Waals surface area contributed by atoms with Gasteiger partial charge in [0.15, 0.2) is 16.8 Å². The fourth-order valence-corrected chi connectivity index (χ4v) is 3.53. The quantitative estimate of drug-likeness (QED) is 0.625. The number of carbonyl (C=O) groups excluding carboxylic acids is 1. The molecule has 3 rings (SSSR count). The molecule has 0 aliphatic heterocycles. The number of hydrogen-bond acceptors (Lipinski definition) is 6. The second-order valence-corrected chi connectivity index (χ2v) is 8.72. The molecule has 0 aliphatic rings. The summed E-state index contributed by atoms with van der Waals surface area (Å²) in [4.78, 5) is 12.0. The first kappa shape index (κ1) is 20.1. The van der Waals surface area contributed by atoms with Crippen LogP contribution in [0.5, 0.6) is 0 Å². The van der Waals surface area contributed by atoms with Gasteiger partial charge in [-0.05, 0) is 17.9 Å². The number of aromatic nitrogens is 4. The molecule has 28 heavy (non-hydrogen) atoms. The smallest absolute Gasteiger partial charge is 0.226 e. The van der Waals surface area contributed by atoms with E-state index in [-0.39, 0.29) is 11.3 Å². The van der Waals surface area contributed by atoms with Crippen LogP contribution in [0.25, 0.3) is 11.4 Å². The van der Waals surface area contributed by atoms with Crippen molar-refractivity contribution < 1.29 is 9.32 Å². The number of aryl methyl sites for hydroxylation is 1. The summed E-state index contributed by atoms with van der Waals surface area (Å²) in [5.74, 6) is 2.39. The van der Waals surface area contributed by atoms with E-state index in [0.717, 1.165) is 16.5 Å². The van der Waals surface area contributed by atoms with Crippen LogP contribution >= 0.6 is 11.8 Å². The molecule has 8 heteroatoms. The Morgan fingerprint density at radius 1 is 1.21 bits per heavy atom. The fourth-order valence-electron chi connectivity index (χ4n) is 2.68. The number of nitrogens with zero attached hydrogens (tertiary/aromatic N) is 4. The van der Waals surface area contributed by atoms with Crippen molar-refractivity contribution in [2.75, 3.05) is 11.1 Å². The molecule has 0 aliphatic carbocycles. The fraction of sp³-hybridized carbons (Fsp3) is 0.400. The Morgan fingerprint density at radius 3 is 2.54 bits per heavy atom. The van der Waals surface area contributed by atoms with Gasteiger partial charge in [-0.25, -0.2) is 0 Å². The molecule has 0 saturated heterocycles. The van der Waals surface area contributed by atoms with Crippen LogP contribution in [0.3, 0.4) is 0 Å². The molecule has 0 radical (unpaired) electrons. The number of amides is 1. The molecule has 0 atom stereocenters. The van der Waals surface area contributed by atoms with Gasteiger partial charge in [-0.1, -0.05) is 62.0 Å². The monoisotopic (exact) mass is 399 g/mol. The highest BCUT2D eigenvalue weighted by atomic mass is 32.2. The summed E-state index contributed by atoms with van der Waals surface area (Å²) in [6.07, 6.45) is 0.346. The minimum atomic E-state index is -0.110. The number of nitrogens with one attached hydrogen (secondary N) is 1. The molecule has 1 aromatic carbocycles. The zero-order valence-electron chi connectivity index (χ0n) is 16.8. The molecule has 3 aromatic rings. The number of anilines is 1. The average molecular weight is 400 g/mol. The van der Waals surface area contributed by atoms with Crippen LogP contribution in [0.4, 0.5) is 5.82 Å². The van der Waals surface area contributed by atoms with Gasteiger partial charge < -0.3 is 14.4 Å². The Morgan fingerprint density at radius 2 is 1.93 bits per heavy atom. The molecule has 0 bridgehead atoms. The number of rotatable bonds is 6. The van der Waals surface area contributed by atoms with Gasteiger partial charge in [-0.15, -0.1) is 10.2 Å². The standard InChI is InChI=1S/C20H25N5O2S/c1-13-12-16(24-27-13)21-17(26)10-11-28-19-23-22-18(25(19)5)14-6-8-15(9-7-14)20(2,3)4/h6-9,12H,10-11H2,1-5H3,(H,21,24,26). The van der Waals surface area contributed by atoms with Crippen LogP contribution < -0.4 is 5.32 Å². The van der Waals surface area contributed by atoms with E-state index in [2.05, 4.69) is 65.7 Å². The van der Waals surface area contributed by atoms with Gasteiger partial charge >= 0.3 is 0 Å². The van der Waals surface area contributed by atoms with E-state index < -0.39 is 0 Å². The van der Waals surface area contributed by atoms with Crippen molar-refractivity contribution in [3.63, 3.8) is 0 Å². The second kappa shape index (κ2) is 8.18. The largest absolute Gasteiger partial charge is 0.360 e. The Hall–Kier alpha value is -2.61. The maximum absolute atomic E-state index is 12.0. The normalized spacial score (nSPS) is 11.6. The summed E-state index contributed by atoms with van der Waals surface area (Å²) in [7, 11) is 1.94. The van der Waals surface area contributed by atoms with Crippen LogP contribution in [0.2, 0.25) is 0 Å². The van der Waals surface area contributed by atoms with Gasteiger partial charge in [0.05, 0.1) is 0 Å². The minimum absolute atomic E-state index is 0.110. The van der Waals surface area contributed by atoms with Crippen molar-refractivity contribution in [3.05, 3.63) is 41.7 Å². The van der Waals surface area contributed by atoms with Crippen LogP contribution in [0, 0.1) is 6.92 Å². The van der Waals surface area contributed by atoms with Gasteiger partial charge in [0.1, 0.15) is 5.76 Å². The third-order valence-corrected chi connectivity index (χ3v) is 5.32. The van der Waals surface area contributed by atoms with E-state index in [4.69, 9.17) is 4.52 Å². The first-order valence-corrected chi connectivity index (χ1v) is 10.1. The zero-order chi connectivity index (χ0) is 20.3. The molecule has 1 N–H and O–H groups in total. The molecule has 148 valence electrons. The molecular formula is C20H25N5O2S. The Labute approximate surface area is 168 Å². The van der Waals surface area contributed by atoms with E-state index in [1.165, 1.54) is 17.3 Å². The van der Waals surface area contributed by atoms with Crippen LogP contribution in [-0.2, 0) is 17.3 Å². The topological polar surface area (TPSA) is 85.8 Å². The molecule has 2 aromatic heterocycles. The van der Waals surface area contributed by atoms with Gasteiger partial charge in [0.25, 0.3) is 0 Å². The van der Waals surface area contributed by atoms with Gasteiger partial charge in [0.2, 0.25) is 5.91 Å². The summed E-state index contributed by atoms with van der Waals surface area (Å²) >= 11 is 1.50. The molecule has 7 nitrogen and oxygen atoms in total. The Bertz CT molecular complexity index is 954. The highest BCUT2D eigenvalue weighted by molar-refractivity contribution is 7.99. The van der Waals surface area contributed by atoms with Crippen molar-refractivity contribution in [2.45, 2.75) is 44.7 Å². The van der Waals surface area contributed by atoms with E-state index in [0.29, 0.717) is 23.8 Å². The predicted octanol–water partition coefficient (Wildman–Crippen LogP) is 4.20. The first-order chi connectivity index (χ1) is 13.2. The van der Waals surface area contributed by atoms with Gasteiger partial charge in [0, 0.05) is 30.9 Å². The lowest BCUT2D eigenvalue weighted by molar-refractivity contribution is -0.115. The van der Waals surface area contributed by atoms with E-state index >= 15 is 0 Å². The molecule has 1 amide bonds. The third-order valence-electron chi connectivity index (χ3n) is 4.30. The third kappa shape index (κ3) is 4.81. The maximum Gasteiger partial charge on any atom is 0.226 e. The minimum Gasteiger partial charge on any atom is -0.360 e. The lowest BCUT2D eigenvalue weighted by Crippen LogP contribution is -2.12. The van der Waals surface area contributed by atoms with E-state index in [9.17, 15) is 4.79 Å². The second-order valence-electron chi connectivity index (χ2n) is 7.66. The number of carbonyl (C=O) groups is 1. The Kier molecular flexibility index (Phi) is 5.88. The highest BCUT2D eigenvalue weighted by Crippen LogP contribution is 2.27. The lowest BCUT2D eigenvalue weighted by Gasteiger charge is -2.19. The molecule has 0 spiro atoms. The summed E-state index contributed by atoms with van der Waals surface area (Å²) in [5.41, 5.74) is 2.42. The number of thioether (sulfide) groups is 1.